The van der Waals surface area contributed by atoms with Crippen molar-refractivity contribution in [2.75, 3.05) is 5.73 Å². The molecule has 0 bridgehead atoms. The lowest BCUT2D eigenvalue weighted by Crippen LogP contribution is -1.94. The average Bonchev–Trinajstić information content (AvgIpc) is 2.42. The number of hydrogen-bond donors (Lipinski definition) is 1. The number of halogens is 1. The summed E-state index contributed by atoms with van der Waals surface area (Å²) in [6, 6.07) is 7.80. The van der Waals surface area contributed by atoms with Crippen LogP contribution < -0.4 is 5.73 Å². The fourth-order valence-corrected chi connectivity index (χ4v) is 3.13. The van der Waals surface area contributed by atoms with Gasteiger partial charge >= 0.3 is 0 Å². The van der Waals surface area contributed by atoms with Gasteiger partial charge in [-0.25, -0.2) is 9.97 Å². The van der Waals surface area contributed by atoms with Crippen molar-refractivity contribution in [1.29, 1.82) is 0 Å². The fourth-order valence-electron chi connectivity index (χ4n) is 1.84. The maximum absolute atomic E-state index is 6.07. The van der Waals surface area contributed by atoms with Crippen LogP contribution in [0.3, 0.4) is 0 Å². The summed E-state index contributed by atoms with van der Waals surface area (Å²) in [5.41, 5.74) is 8.53. The van der Waals surface area contributed by atoms with Crippen molar-refractivity contribution in [3.05, 3.63) is 46.8 Å². The van der Waals surface area contributed by atoms with Gasteiger partial charge in [-0.15, -0.1) is 0 Å². The molecule has 100 valence electrons. The lowest BCUT2D eigenvalue weighted by atomic mass is 10.2. The molecule has 0 amide bonds. The number of pyridine rings is 1. The Bertz CT molecular complexity index is 786. The second-order valence-electron chi connectivity index (χ2n) is 4.29. The molecule has 0 saturated carbocycles. The van der Waals surface area contributed by atoms with Gasteiger partial charge < -0.3 is 5.73 Å². The Hall–Kier alpha value is -1.66. The lowest BCUT2D eigenvalue weighted by Gasteiger charge is -2.08. The first-order chi connectivity index (χ1) is 9.63. The second-order valence-corrected chi connectivity index (χ2v) is 6.18. The third kappa shape index (κ3) is 2.62. The van der Waals surface area contributed by atoms with E-state index in [1.165, 1.54) is 11.8 Å². The predicted octanol–water partition coefficient (Wildman–Crippen LogP) is 3.83. The largest absolute Gasteiger partial charge is 0.397 e. The number of nitrogen functional groups attached to an aromatic ring is 1. The zero-order valence-electron chi connectivity index (χ0n) is 10.7. The van der Waals surface area contributed by atoms with E-state index in [1.54, 1.807) is 12.4 Å². The highest BCUT2D eigenvalue weighted by molar-refractivity contribution is 9.10. The molecule has 0 aliphatic carbocycles. The number of anilines is 1. The molecule has 0 unspecified atom stereocenters. The van der Waals surface area contributed by atoms with Crippen molar-refractivity contribution in [2.45, 2.75) is 17.0 Å². The Balaban J connectivity index is 2.14. The van der Waals surface area contributed by atoms with E-state index in [-0.39, 0.29) is 0 Å². The number of rotatable bonds is 2. The molecule has 3 aromatic rings. The average molecular weight is 347 g/mol. The molecule has 0 aliphatic heterocycles. The van der Waals surface area contributed by atoms with Gasteiger partial charge in [-0.2, -0.15) is 0 Å². The van der Waals surface area contributed by atoms with E-state index in [0.717, 1.165) is 26.0 Å². The van der Waals surface area contributed by atoms with E-state index < -0.39 is 0 Å². The summed E-state index contributed by atoms with van der Waals surface area (Å²) in [6.07, 6.45) is 3.43. The van der Waals surface area contributed by atoms with Crippen LogP contribution in [0.2, 0.25) is 0 Å². The van der Waals surface area contributed by atoms with E-state index >= 15 is 0 Å². The van der Waals surface area contributed by atoms with Crippen molar-refractivity contribution >= 4 is 44.3 Å². The Morgan fingerprint density at radius 1 is 1.20 bits per heavy atom. The van der Waals surface area contributed by atoms with Crippen LogP contribution in [0.5, 0.6) is 0 Å². The first-order valence-corrected chi connectivity index (χ1v) is 7.55. The van der Waals surface area contributed by atoms with Gasteiger partial charge in [-0.3, -0.25) is 4.98 Å². The molecule has 0 aliphatic rings. The van der Waals surface area contributed by atoms with Crippen LogP contribution in [0.15, 0.2) is 51.2 Å². The highest BCUT2D eigenvalue weighted by Crippen LogP contribution is 2.36. The van der Waals surface area contributed by atoms with E-state index in [2.05, 4.69) is 30.9 Å². The zero-order chi connectivity index (χ0) is 14.1. The fraction of sp³-hybridized carbons (Fsp3) is 0.0714. The number of aryl methyl sites for hydroxylation is 1. The molecule has 2 heterocycles. The minimum Gasteiger partial charge on any atom is -0.397 e. The van der Waals surface area contributed by atoms with Crippen LogP contribution in [0.4, 0.5) is 5.69 Å². The van der Waals surface area contributed by atoms with Crippen molar-refractivity contribution in [3.8, 4) is 0 Å². The summed E-state index contributed by atoms with van der Waals surface area (Å²) < 4.78 is 0.990. The lowest BCUT2D eigenvalue weighted by molar-refractivity contribution is 0.933. The van der Waals surface area contributed by atoms with Crippen molar-refractivity contribution < 1.29 is 0 Å². The van der Waals surface area contributed by atoms with Gasteiger partial charge in [0.15, 0.2) is 5.16 Å². The Morgan fingerprint density at radius 2 is 2.05 bits per heavy atom. The molecule has 0 spiro atoms. The SMILES string of the molecule is Cc1ccnc(Sc2c(N)cnc3ccc(Br)cc23)n1. The van der Waals surface area contributed by atoms with Crippen LogP contribution >= 0.6 is 27.7 Å². The molecular weight excluding hydrogens is 336 g/mol. The Labute approximate surface area is 129 Å². The molecule has 0 fully saturated rings. The molecule has 0 radical (unpaired) electrons. The van der Waals surface area contributed by atoms with Gasteiger partial charge in [0.25, 0.3) is 0 Å². The van der Waals surface area contributed by atoms with Gasteiger partial charge in [-0.1, -0.05) is 15.9 Å². The number of nitrogens with two attached hydrogens (primary N) is 1. The molecule has 2 N–H and O–H groups in total. The van der Waals surface area contributed by atoms with Crippen LogP contribution in [0, 0.1) is 6.92 Å². The predicted molar refractivity (Wildman–Crippen MR) is 84.7 cm³/mol. The quantitative estimate of drug-likeness (QED) is 0.714. The third-order valence-corrected chi connectivity index (χ3v) is 4.31. The summed E-state index contributed by atoms with van der Waals surface area (Å²) in [6.45, 7) is 1.94. The topological polar surface area (TPSA) is 64.7 Å². The number of fused-ring (bicyclic) bond motifs is 1. The highest BCUT2D eigenvalue weighted by Gasteiger charge is 2.10. The Kier molecular flexibility index (Phi) is 3.58. The molecule has 3 rings (SSSR count). The van der Waals surface area contributed by atoms with Gasteiger partial charge in [0, 0.05) is 26.6 Å². The molecule has 1 aromatic carbocycles. The summed E-state index contributed by atoms with van der Waals surface area (Å²) >= 11 is 4.94. The number of nitrogens with zero attached hydrogens (tertiary/aromatic N) is 3. The van der Waals surface area contributed by atoms with E-state index in [1.807, 2.05) is 31.2 Å². The van der Waals surface area contributed by atoms with Gasteiger partial charge in [0.1, 0.15) is 0 Å². The van der Waals surface area contributed by atoms with Crippen LogP contribution in [0.1, 0.15) is 5.69 Å². The van der Waals surface area contributed by atoms with Crippen LogP contribution in [-0.2, 0) is 0 Å². The minimum absolute atomic E-state index is 0.630. The maximum Gasteiger partial charge on any atom is 0.192 e. The summed E-state index contributed by atoms with van der Waals surface area (Å²) in [5, 5.41) is 1.68. The van der Waals surface area contributed by atoms with Crippen LogP contribution in [0.25, 0.3) is 10.9 Å². The van der Waals surface area contributed by atoms with Gasteiger partial charge in [-0.05, 0) is 43.0 Å². The van der Waals surface area contributed by atoms with Crippen molar-refractivity contribution in [1.82, 2.24) is 15.0 Å². The maximum atomic E-state index is 6.07. The molecule has 20 heavy (non-hydrogen) atoms. The van der Waals surface area contributed by atoms with Gasteiger partial charge in [0.05, 0.1) is 17.4 Å². The van der Waals surface area contributed by atoms with Crippen molar-refractivity contribution in [2.24, 2.45) is 0 Å². The Morgan fingerprint density at radius 3 is 2.85 bits per heavy atom. The van der Waals surface area contributed by atoms with Crippen molar-refractivity contribution in [3.63, 3.8) is 0 Å². The summed E-state index contributed by atoms with van der Waals surface area (Å²) in [4.78, 5) is 13.9. The van der Waals surface area contributed by atoms with E-state index in [4.69, 9.17) is 5.73 Å². The molecule has 6 heteroatoms. The van der Waals surface area contributed by atoms with E-state index in [0.29, 0.717) is 10.8 Å². The number of hydrogen-bond acceptors (Lipinski definition) is 5. The monoisotopic (exact) mass is 346 g/mol. The second kappa shape index (κ2) is 5.38. The summed E-state index contributed by atoms with van der Waals surface area (Å²) in [7, 11) is 0. The van der Waals surface area contributed by atoms with Gasteiger partial charge in [0.2, 0.25) is 0 Å². The molecule has 0 atom stereocenters. The van der Waals surface area contributed by atoms with Crippen LogP contribution in [-0.4, -0.2) is 15.0 Å². The third-order valence-electron chi connectivity index (χ3n) is 2.77. The standard InChI is InChI=1S/C14H11BrN4S/c1-8-4-5-17-14(19-8)20-13-10-6-9(15)2-3-12(10)18-7-11(13)16/h2-7H,16H2,1H3. The van der Waals surface area contributed by atoms with E-state index in [9.17, 15) is 0 Å². The normalized spacial score (nSPS) is 10.9. The molecular formula is C14H11BrN4S. The summed E-state index contributed by atoms with van der Waals surface area (Å²) in [5.74, 6) is 0. The number of benzene rings is 1. The molecule has 2 aromatic heterocycles. The minimum atomic E-state index is 0.630. The number of aromatic nitrogens is 3. The molecule has 0 saturated heterocycles. The zero-order valence-corrected chi connectivity index (χ0v) is 13.1. The first-order valence-electron chi connectivity index (χ1n) is 5.95. The highest BCUT2D eigenvalue weighted by atomic mass is 79.9. The smallest absolute Gasteiger partial charge is 0.192 e. The first kappa shape index (κ1) is 13.3. The molecule has 4 nitrogen and oxygen atoms in total.